The highest BCUT2D eigenvalue weighted by molar-refractivity contribution is 4.87. The van der Waals surface area contributed by atoms with Crippen LogP contribution in [0.2, 0.25) is 0 Å². The number of hydrogen-bond donors (Lipinski definition) is 1. The van der Waals surface area contributed by atoms with Crippen LogP contribution in [0.1, 0.15) is 13.3 Å². The monoisotopic (exact) mass is 186 g/mol. The van der Waals surface area contributed by atoms with E-state index < -0.39 is 0 Å². The molecule has 0 aliphatic rings. The quantitative estimate of drug-likeness (QED) is 0.562. The Morgan fingerprint density at radius 1 is 1.38 bits per heavy atom. The third-order valence-corrected chi connectivity index (χ3v) is 1.63. The van der Waals surface area contributed by atoms with Crippen molar-refractivity contribution in [2.24, 2.45) is 0 Å². The molecule has 0 heterocycles. The maximum atomic E-state index is 8.59. The van der Waals surface area contributed by atoms with Gasteiger partial charge >= 0.3 is 0 Å². The minimum Gasteiger partial charge on any atom is -0.382 e. The highest BCUT2D eigenvalue weighted by Crippen LogP contribution is 1.86. The Morgan fingerprint density at radius 2 is 2.15 bits per heavy atom. The summed E-state index contributed by atoms with van der Waals surface area (Å²) in [5.74, 6) is 0. The Balaban J connectivity index is 3.11. The summed E-state index contributed by atoms with van der Waals surface area (Å²) >= 11 is 0. The highest BCUT2D eigenvalue weighted by atomic mass is 16.5. The molecule has 0 saturated carbocycles. The van der Waals surface area contributed by atoms with E-state index in [-0.39, 0.29) is 6.04 Å². The molecule has 4 nitrogen and oxygen atoms in total. The Bertz CT molecular complexity index is 145. The van der Waals surface area contributed by atoms with Gasteiger partial charge in [-0.3, -0.25) is 5.32 Å². The lowest BCUT2D eigenvalue weighted by Crippen LogP contribution is -2.30. The minimum atomic E-state index is -0.0500. The topological polar surface area (TPSA) is 54.3 Å². The van der Waals surface area contributed by atoms with E-state index in [2.05, 4.69) is 11.4 Å². The molecule has 0 amide bonds. The molecule has 0 radical (unpaired) electrons. The molecule has 1 N–H and O–H groups in total. The van der Waals surface area contributed by atoms with Crippen LogP contribution in [0.5, 0.6) is 0 Å². The Hall–Kier alpha value is -0.630. The zero-order valence-corrected chi connectivity index (χ0v) is 8.38. The predicted molar refractivity (Wildman–Crippen MR) is 50.4 cm³/mol. The molecule has 0 rings (SSSR count). The van der Waals surface area contributed by atoms with Gasteiger partial charge in [-0.1, -0.05) is 6.92 Å². The van der Waals surface area contributed by atoms with Crippen LogP contribution >= 0.6 is 0 Å². The summed E-state index contributed by atoms with van der Waals surface area (Å²) in [4.78, 5) is 0. The van der Waals surface area contributed by atoms with Crippen molar-refractivity contribution in [1.82, 2.24) is 5.32 Å². The molecule has 0 aliphatic carbocycles. The average Bonchev–Trinajstić information content (AvgIpc) is 2.17. The summed E-state index contributed by atoms with van der Waals surface area (Å²) < 4.78 is 10.0. The Kier molecular flexibility index (Phi) is 9.00. The van der Waals surface area contributed by atoms with Crippen molar-refractivity contribution in [1.29, 1.82) is 5.26 Å². The average molecular weight is 186 g/mol. The zero-order chi connectivity index (χ0) is 9.94. The van der Waals surface area contributed by atoms with Crippen LogP contribution in [0, 0.1) is 11.3 Å². The van der Waals surface area contributed by atoms with Gasteiger partial charge in [0.1, 0.15) is 0 Å². The molecule has 0 bridgehead atoms. The van der Waals surface area contributed by atoms with Crippen molar-refractivity contribution in [3.8, 4) is 6.07 Å². The van der Waals surface area contributed by atoms with Crippen molar-refractivity contribution < 1.29 is 9.47 Å². The lowest BCUT2D eigenvalue weighted by Gasteiger charge is -2.08. The van der Waals surface area contributed by atoms with Crippen LogP contribution in [0.15, 0.2) is 0 Å². The standard InChI is InChI=1S/C9H18N2O2/c1-3-9(8-10)11-4-5-13-7-6-12-2/h9,11H,3-7H2,1-2H3. The van der Waals surface area contributed by atoms with Gasteiger partial charge in [0.15, 0.2) is 0 Å². The first-order chi connectivity index (χ1) is 6.35. The van der Waals surface area contributed by atoms with E-state index in [9.17, 15) is 0 Å². The van der Waals surface area contributed by atoms with Gasteiger partial charge < -0.3 is 9.47 Å². The SMILES string of the molecule is CCC(C#N)NCCOCCOC. The van der Waals surface area contributed by atoms with Crippen molar-refractivity contribution >= 4 is 0 Å². The summed E-state index contributed by atoms with van der Waals surface area (Å²) in [5, 5.41) is 11.7. The smallest absolute Gasteiger partial charge is 0.0951 e. The Morgan fingerprint density at radius 3 is 2.69 bits per heavy atom. The molecule has 0 aromatic heterocycles. The molecule has 4 heteroatoms. The van der Waals surface area contributed by atoms with Gasteiger partial charge in [0.2, 0.25) is 0 Å². The third kappa shape index (κ3) is 7.72. The highest BCUT2D eigenvalue weighted by Gasteiger charge is 2.00. The molecule has 0 aromatic rings. The van der Waals surface area contributed by atoms with Gasteiger partial charge in [-0.05, 0) is 6.42 Å². The molecule has 0 spiro atoms. The van der Waals surface area contributed by atoms with E-state index in [4.69, 9.17) is 14.7 Å². The van der Waals surface area contributed by atoms with Gasteiger partial charge in [0.25, 0.3) is 0 Å². The lowest BCUT2D eigenvalue weighted by atomic mass is 10.2. The van der Waals surface area contributed by atoms with E-state index >= 15 is 0 Å². The van der Waals surface area contributed by atoms with Gasteiger partial charge in [-0.25, -0.2) is 0 Å². The van der Waals surface area contributed by atoms with Crippen LogP contribution < -0.4 is 5.32 Å². The van der Waals surface area contributed by atoms with E-state index in [0.717, 1.165) is 13.0 Å². The molecule has 13 heavy (non-hydrogen) atoms. The Labute approximate surface area is 79.8 Å². The van der Waals surface area contributed by atoms with Crippen LogP contribution in [-0.2, 0) is 9.47 Å². The molecular weight excluding hydrogens is 168 g/mol. The summed E-state index contributed by atoms with van der Waals surface area (Å²) in [6.07, 6.45) is 0.828. The number of nitrogens with zero attached hydrogens (tertiary/aromatic N) is 1. The minimum absolute atomic E-state index is 0.0500. The largest absolute Gasteiger partial charge is 0.382 e. The van der Waals surface area contributed by atoms with E-state index in [1.165, 1.54) is 0 Å². The summed E-state index contributed by atoms with van der Waals surface area (Å²) in [7, 11) is 1.64. The van der Waals surface area contributed by atoms with E-state index in [0.29, 0.717) is 19.8 Å². The zero-order valence-electron chi connectivity index (χ0n) is 8.38. The molecule has 0 fully saturated rings. The second-order valence-corrected chi connectivity index (χ2v) is 2.65. The maximum absolute atomic E-state index is 8.59. The number of hydrogen-bond acceptors (Lipinski definition) is 4. The first-order valence-corrected chi connectivity index (χ1v) is 4.54. The van der Waals surface area contributed by atoms with Crippen LogP contribution in [0.25, 0.3) is 0 Å². The summed E-state index contributed by atoms with van der Waals surface area (Å²) in [6, 6.07) is 2.11. The fraction of sp³-hybridized carbons (Fsp3) is 0.889. The van der Waals surface area contributed by atoms with E-state index in [1.807, 2.05) is 6.92 Å². The molecule has 0 saturated heterocycles. The van der Waals surface area contributed by atoms with Crippen molar-refractivity contribution in [3.05, 3.63) is 0 Å². The number of rotatable bonds is 8. The molecule has 1 atom stereocenters. The molecule has 0 aromatic carbocycles. The summed E-state index contributed by atoms with van der Waals surface area (Å²) in [6.45, 7) is 4.56. The lowest BCUT2D eigenvalue weighted by molar-refractivity contribution is 0.0715. The van der Waals surface area contributed by atoms with Gasteiger partial charge in [-0.15, -0.1) is 0 Å². The second kappa shape index (κ2) is 9.46. The number of methoxy groups -OCH3 is 1. The van der Waals surface area contributed by atoms with Gasteiger partial charge in [0.05, 0.1) is 31.9 Å². The second-order valence-electron chi connectivity index (χ2n) is 2.65. The van der Waals surface area contributed by atoms with Crippen LogP contribution in [-0.4, -0.2) is 39.5 Å². The van der Waals surface area contributed by atoms with Crippen LogP contribution in [0.4, 0.5) is 0 Å². The molecular formula is C9H18N2O2. The molecule has 76 valence electrons. The molecule has 1 unspecified atom stereocenters. The third-order valence-electron chi connectivity index (χ3n) is 1.63. The number of nitrogens with one attached hydrogen (secondary N) is 1. The van der Waals surface area contributed by atoms with Gasteiger partial charge in [-0.2, -0.15) is 5.26 Å². The number of nitriles is 1. The first kappa shape index (κ1) is 12.4. The normalized spacial score (nSPS) is 12.4. The predicted octanol–water partition coefficient (Wildman–Crippen LogP) is 0.541. The first-order valence-electron chi connectivity index (χ1n) is 4.54. The fourth-order valence-corrected chi connectivity index (χ4v) is 0.831. The van der Waals surface area contributed by atoms with E-state index in [1.54, 1.807) is 7.11 Å². The maximum Gasteiger partial charge on any atom is 0.0951 e. The van der Waals surface area contributed by atoms with Crippen molar-refractivity contribution in [2.45, 2.75) is 19.4 Å². The van der Waals surface area contributed by atoms with Gasteiger partial charge in [0, 0.05) is 13.7 Å². The fourth-order valence-electron chi connectivity index (χ4n) is 0.831. The molecule has 0 aliphatic heterocycles. The number of ether oxygens (including phenoxy) is 2. The van der Waals surface area contributed by atoms with Crippen LogP contribution in [0.3, 0.4) is 0 Å². The van der Waals surface area contributed by atoms with Crippen molar-refractivity contribution in [3.63, 3.8) is 0 Å². The summed E-state index contributed by atoms with van der Waals surface area (Å²) in [5.41, 5.74) is 0. The van der Waals surface area contributed by atoms with Crippen molar-refractivity contribution in [2.75, 3.05) is 33.5 Å².